The number of hydrogen-bond donors (Lipinski definition) is 0. The van der Waals surface area contributed by atoms with Crippen LogP contribution in [-0.4, -0.2) is 4.82 Å². The molecule has 80 valence electrons. The number of allylic oxidation sites excluding steroid dienone is 8. The van der Waals surface area contributed by atoms with Crippen LogP contribution in [0.25, 0.3) is 0 Å². The fourth-order valence-corrected chi connectivity index (χ4v) is 4.97. The molecule has 0 radical (unpaired) electrons. The molecule has 0 fully saturated rings. The number of halogens is 1. The molecule has 0 aromatic rings. The van der Waals surface area contributed by atoms with E-state index in [-0.39, 0.29) is 12.4 Å². The van der Waals surface area contributed by atoms with Gasteiger partial charge in [-0.2, -0.15) is 0 Å². The molecular weight excluding hydrogens is 239 g/mol. The number of rotatable bonds is 2. The first kappa shape index (κ1) is 12.9. The molecule has 15 heavy (non-hydrogen) atoms. The fraction of sp³-hybridized carbons (Fsp3) is 0.308. The zero-order chi connectivity index (χ0) is 10.1. The van der Waals surface area contributed by atoms with Crippen molar-refractivity contribution in [1.82, 2.24) is 0 Å². The average Bonchev–Trinajstić information content (AvgIpc) is 2.76. The van der Waals surface area contributed by atoms with Gasteiger partial charge >= 0.3 is 92.1 Å². The van der Waals surface area contributed by atoms with Gasteiger partial charge < -0.3 is 0 Å². The standard InChI is InChI=1S/C7H9.C5H5.CH2.ClH.Ti/c1-6-4-3-5-7(6)2;1-2-4-5-3-1;;;/h4H,5H2,1-2H3;1-3H,4H2;1H2;1H;. The molecule has 0 N–H and O–H groups in total. The molecule has 0 saturated heterocycles. The third kappa shape index (κ3) is 2.69. The summed E-state index contributed by atoms with van der Waals surface area (Å²) in [6.45, 7) is 4.46. The van der Waals surface area contributed by atoms with E-state index in [9.17, 15) is 0 Å². The van der Waals surface area contributed by atoms with Gasteiger partial charge in [-0.1, -0.05) is 0 Å². The molecule has 0 aliphatic heterocycles. The van der Waals surface area contributed by atoms with E-state index < -0.39 is 17.4 Å². The minimum absolute atomic E-state index is 0. The summed E-state index contributed by atoms with van der Waals surface area (Å²) in [4.78, 5) is 4.43. The van der Waals surface area contributed by atoms with Gasteiger partial charge in [0.15, 0.2) is 0 Å². The first-order valence-corrected chi connectivity index (χ1v) is 7.77. The number of hydrogen-bond acceptors (Lipinski definition) is 0. The van der Waals surface area contributed by atoms with Crippen LogP contribution < -0.4 is 0 Å². The second kappa shape index (κ2) is 5.25. The summed E-state index contributed by atoms with van der Waals surface area (Å²) in [5.74, 6) is 0. The van der Waals surface area contributed by atoms with E-state index in [1.54, 1.807) is 13.3 Å². The predicted molar refractivity (Wildman–Crippen MR) is 67.3 cm³/mol. The monoisotopic (exact) mass is 256 g/mol. The van der Waals surface area contributed by atoms with Crippen molar-refractivity contribution >= 4 is 17.2 Å². The van der Waals surface area contributed by atoms with Crippen LogP contribution in [0.15, 0.2) is 43.2 Å². The fourth-order valence-electron chi connectivity index (χ4n) is 1.93. The van der Waals surface area contributed by atoms with Gasteiger partial charge in [-0.3, -0.25) is 0 Å². The van der Waals surface area contributed by atoms with Gasteiger partial charge in [0.1, 0.15) is 0 Å². The summed E-state index contributed by atoms with van der Waals surface area (Å²) in [5, 5.41) is 0. The van der Waals surface area contributed by atoms with Gasteiger partial charge in [0.05, 0.1) is 0 Å². The maximum absolute atomic E-state index is 4.43. The normalized spacial score (nSPS) is 18.8. The Morgan fingerprint density at radius 3 is 2.47 bits per heavy atom. The van der Waals surface area contributed by atoms with Crippen molar-refractivity contribution in [2.24, 2.45) is 0 Å². The Morgan fingerprint density at radius 2 is 2.00 bits per heavy atom. The summed E-state index contributed by atoms with van der Waals surface area (Å²) in [6.07, 6.45) is 11.4. The van der Waals surface area contributed by atoms with E-state index in [0.717, 1.165) is 6.42 Å². The van der Waals surface area contributed by atoms with Crippen LogP contribution >= 0.6 is 12.4 Å². The van der Waals surface area contributed by atoms with Gasteiger partial charge in [-0.05, 0) is 0 Å². The Morgan fingerprint density at radius 1 is 1.27 bits per heavy atom. The summed E-state index contributed by atoms with van der Waals surface area (Å²) in [6, 6.07) is 0. The van der Waals surface area contributed by atoms with Crippen LogP contribution in [0.5, 0.6) is 0 Å². The van der Waals surface area contributed by atoms with Gasteiger partial charge in [-0.15, -0.1) is 12.4 Å². The van der Waals surface area contributed by atoms with Crippen LogP contribution in [-0.2, 0) is 17.4 Å². The second-order valence-electron chi connectivity index (χ2n) is 4.11. The molecule has 0 amide bonds. The van der Waals surface area contributed by atoms with Crippen LogP contribution in [0.3, 0.4) is 0 Å². The van der Waals surface area contributed by atoms with Crippen molar-refractivity contribution in [3.05, 3.63) is 43.2 Å². The first-order valence-electron chi connectivity index (χ1n) is 5.11. The predicted octanol–water partition coefficient (Wildman–Crippen LogP) is 3.93. The van der Waals surface area contributed by atoms with Gasteiger partial charge in [0.25, 0.3) is 0 Å². The van der Waals surface area contributed by atoms with E-state index in [1.807, 2.05) is 0 Å². The van der Waals surface area contributed by atoms with Crippen molar-refractivity contribution in [2.45, 2.75) is 26.7 Å². The summed E-state index contributed by atoms with van der Waals surface area (Å²) < 4.78 is 3.27. The van der Waals surface area contributed by atoms with Crippen LogP contribution in [0.1, 0.15) is 26.7 Å². The van der Waals surface area contributed by atoms with Crippen molar-refractivity contribution in [2.75, 3.05) is 0 Å². The molecule has 0 spiro atoms. The van der Waals surface area contributed by atoms with Crippen LogP contribution in [0, 0.1) is 0 Å². The van der Waals surface area contributed by atoms with Crippen molar-refractivity contribution in [1.29, 1.82) is 0 Å². The molecule has 0 nitrogen and oxygen atoms in total. The average molecular weight is 257 g/mol. The zero-order valence-corrected chi connectivity index (χ0v) is 11.7. The van der Waals surface area contributed by atoms with Crippen molar-refractivity contribution in [3.8, 4) is 0 Å². The topological polar surface area (TPSA) is 0 Å². The van der Waals surface area contributed by atoms with Gasteiger partial charge in [0, 0.05) is 0 Å². The first-order chi connectivity index (χ1) is 6.68. The molecule has 0 atom stereocenters. The van der Waals surface area contributed by atoms with Crippen LogP contribution in [0.4, 0.5) is 0 Å². The van der Waals surface area contributed by atoms with E-state index in [0.29, 0.717) is 0 Å². The summed E-state index contributed by atoms with van der Waals surface area (Å²) in [5.41, 5.74) is 3.01. The van der Waals surface area contributed by atoms with Crippen molar-refractivity contribution < 1.29 is 17.4 Å². The van der Waals surface area contributed by atoms with E-state index in [4.69, 9.17) is 0 Å². The summed E-state index contributed by atoms with van der Waals surface area (Å²) >= 11 is -1.30. The molecular formula is C13H17ClTi. The molecule has 0 heterocycles. The molecule has 2 rings (SSSR count). The molecule has 0 aromatic heterocycles. The van der Waals surface area contributed by atoms with E-state index in [1.165, 1.54) is 12.0 Å². The third-order valence-electron chi connectivity index (χ3n) is 3.07. The third-order valence-corrected chi connectivity index (χ3v) is 6.57. The van der Waals surface area contributed by atoms with Gasteiger partial charge in [0.2, 0.25) is 0 Å². The molecule has 0 bridgehead atoms. The molecule has 0 unspecified atom stereocenters. The molecule has 2 aliphatic rings. The zero-order valence-electron chi connectivity index (χ0n) is 9.34. The van der Waals surface area contributed by atoms with Crippen molar-refractivity contribution in [3.63, 3.8) is 0 Å². The van der Waals surface area contributed by atoms with E-state index >= 15 is 0 Å². The second-order valence-corrected chi connectivity index (χ2v) is 7.61. The van der Waals surface area contributed by atoms with Gasteiger partial charge in [-0.25, -0.2) is 0 Å². The minimum atomic E-state index is -1.30. The van der Waals surface area contributed by atoms with Crippen LogP contribution in [0.2, 0.25) is 0 Å². The SMILES string of the molecule is Cl.[CH2]=[Ti]([C]1=CC=CC1)[C]1=CC(C)=C(C)C1. The Balaban J connectivity index is 0.00000112. The molecule has 0 saturated carbocycles. The molecule has 2 aliphatic carbocycles. The molecule has 2 heteroatoms. The Kier molecular flexibility index (Phi) is 4.52. The quantitative estimate of drug-likeness (QED) is 0.657. The Bertz CT molecular complexity index is 408. The Hall–Kier alpha value is -0.166. The maximum atomic E-state index is 4.43. The van der Waals surface area contributed by atoms with E-state index in [2.05, 4.69) is 43.0 Å². The molecule has 0 aromatic carbocycles. The Labute approximate surface area is 104 Å². The summed E-state index contributed by atoms with van der Waals surface area (Å²) in [7, 11) is 0.